The molecule has 0 spiro atoms. The monoisotopic (exact) mass is 490 g/mol. The number of aromatic nitrogens is 2. The molecule has 0 aliphatic carbocycles. The van der Waals surface area contributed by atoms with Gasteiger partial charge in [-0.05, 0) is 38.0 Å². The van der Waals surface area contributed by atoms with Gasteiger partial charge in [0.1, 0.15) is 4.83 Å². The first-order chi connectivity index (χ1) is 16.4. The number of ketones is 1. The molecular weight excluding hydrogens is 464 g/mol. The highest BCUT2D eigenvalue weighted by molar-refractivity contribution is 7.99. The summed E-state index contributed by atoms with van der Waals surface area (Å²) < 4.78 is 7.78. The smallest absolute Gasteiger partial charge is 0.267 e. The second-order valence-electron chi connectivity index (χ2n) is 8.90. The minimum atomic E-state index is -0.280. The average Bonchev–Trinajstić information content (AvgIpc) is 3.21. The van der Waals surface area contributed by atoms with E-state index in [1.165, 1.54) is 23.1 Å². The van der Waals surface area contributed by atoms with Gasteiger partial charge in [0.05, 0.1) is 29.0 Å². The minimum Gasteiger partial charge on any atom is -0.369 e. The van der Waals surface area contributed by atoms with E-state index in [9.17, 15) is 9.59 Å². The highest BCUT2D eigenvalue weighted by Gasteiger charge is 2.33. The first kappa shape index (κ1) is 23.0. The molecule has 0 bridgehead atoms. The van der Waals surface area contributed by atoms with Crippen molar-refractivity contribution in [3.05, 3.63) is 86.5 Å². The van der Waals surface area contributed by atoms with Gasteiger partial charge in [0, 0.05) is 16.9 Å². The van der Waals surface area contributed by atoms with E-state index >= 15 is 0 Å². The Bertz CT molecular complexity index is 1420. The molecule has 0 radical (unpaired) electrons. The molecule has 1 aliphatic rings. The number of hydrogen-bond acceptors (Lipinski definition) is 6. The Morgan fingerprint density at radius 3 is 2.62 bits per heavy atom. The number of thioether (sulfide) groups is 1. The Balaban J connectivity index is 1.62. The summed E-state index contributed by atoms with van der Waals surface area (Å²) >= 11 is 2.83. The van der Waals surface area contributed by atoms with Gasteiger partial charge in [-0.15, -0.1) is 11.3 Å². The molecule has 3 heterocycles. The van der Waals surface area contributed by atoms with Gasteiger partial charge in [-0.3, -0.25) is 14.2 Å². The van der Waals surface area contributed by atoms with Gasteiger partial charge in [0.25, 0.3) is 5.56 Å². The van der Waals surface area contributed by atoms with Crippen molar-refractivity contribution in [3.8, 4) is 5.69 Å². The van der Waals surface area contributed by atoms with Crippen LogP contribution in [0.1, 0.15) is 46.6 Å². The third kappa shape index (κ3) is 4.24. The lowest BCUT2D eigenvalue weighted by molar-refractivity contribution is -0.0543. The summed E-state index contributed by atoms with van der Waals surface area (Å²) in [4.78, 5) is 33.5. The summed E-state index contributed by atoms with van der Waals surface area (Å²) in [5, 5.41) is 1.21. The van der Waals surface area contributed by atoms with E-state index < -0.39 is 0 Å². The van der Waals surface area contributed by atoms with E-state index in [0.29, 0.717) is 29.1 Å². The first-order valence-corrected chi connectivity index (χ1v) is 13.2. The number of benzene rings is 2. The van der Waals surface area contributed by atoms with Crippen LogP contribution in [0.5, 0.6) is 0 Å². The number of Topliss-reactive ketones (excluding diaryl/α,β-unsaturated/α-hetero) is 1. The van der Waals surface area contributed by atoms with Crippen molar-refractivity contribution in [2.24, 2.45) is 0 Å². The topological polar surface area (TPSA) is 61.2 Å². The molecule has 34 heavy (non-hydrogen) atoms. The Morgan fingerprint density at radius 2 is 1.91 bits per heavy atom. The molecule has 5 rings (SSSR count). The number of aryl methyl sites for hydroxylation is 1. The van der Waals surface area contributed by atoms with Crippen molar-refractivity contribution in [1.82, 2.24) is 9.55 Å². The summed E-state index contributed by atoms with van der Waals surface area (Å²) in [7, 11) is 0. The number of fused-ring (bicyclic) bond motifs is 3. The van der Waals surface area contributed by atoms with Crippen LogP contribution in [0.2, 0.25) is 0 Å². The van der Waals surface area contributed by atoms with E-state index in [4.69, 9.17) is 9.72 Å². The quantitative estimate of drug-likeness (QED) is 0.189. The Morgan fingerprint density at radius 1 is 1.18 bits per heavy atom. The highest BCUT2D eigenvalue weighted by Crippen LogP contribution is 2.39. The van der Waals surface area contributed by atoms with E-state index in [1.54, 1.807) is 4.57 Å². The predicted molar refractivity (Wildman–Crippen MR) is 139 cm³/mol. The number of hydrogen-bond donors (Lipinski definition) is 0. The largest absolute Gasteiger partial charge is 0.369 e. The highest BCUT2D eigenvalue weighted by atomic mass is 32.2. The fourth-order valence-electron chi connectivity index (χ4n) is 4.18. The standard InChI is InChI=1S/C27H26N2O3S2/c1-4-27(3)14-20-22(15-32-27)34-24-23(20)25(31)29(19-12-10-17(2)11-13-19)26(28-24)33-16-21(30)18-8-6-5-7-9-18/h5-13H,4,14-16H2,1-3H3. The predicted octanol–water partition coefficient (Wildman–Crippen LogP) is 5.97. The third-order valence-electron chi connectivity index (χ3n) is 6.45. The van der Waals surface area contributed by atoms with Crippen LogP contribution in [0.15, 0.2) is 64.5 Å². The molecule has 2 aromatic heterocycles. The molecule has 5 nitrogen and oxygen atoms in total. The maximum atomic E-state index is 14.0. The van der Waals surface area contributed by atoms with Crippen LogP contribution in [0.3, 0.4) is 0 Å². The fraction of sp³-hybridized carbons (Fsp3) is 0.296. The molecule has 7 heteroatoms. The summed E-state index contributed by atoms with van der Waals surface area (Å²) in [5.41, 5.74) is 3.22. The SMILES string of the molecule is CCC1(C)Cc2c(sc3nc(SCC(=O)c4ccccc4)n(-c4ccc(C)cc4)c(=O)c23)CO1. The Hall–Kier alpha value is -2.74. The number of rotatable bonds is 6. The number of carbonyl (C=O) groups excluding carboxylic acids is 1. The Labute approximate surface area is 206 Å². The number of carbonyl (C=O) groups is 1. The minimum absolute atomic E-state index is 0.00740. The first-order valence-electron chi connectivity index (χ1n) is 11.4. The second-order valence-corrected chi connectivity index (χ2v) is 10.9. The van der Waals surface area contributed by atoms with Crippen LogP contribution in [0, 0.1) is 6.92 Å². The lowest BCUT2D eigenvalue weighted by Crippen LogP contribution is -2.34. The maximum Gasteiger partial charge on any atom is 0.267 e. The average molecular weight is 491 g/mol. The molecule has 1 unspecified atom stereocenters. The van der Waals surface area contributed by atoms with Crippen LogP contribution in [-0.4, -0.2) is 26.7 Å². The van der Waals surface area contributed by atoms with E-state index in [2.05, 4.69) is 13.8 Å². The molecule has 0 fully saturated rings. The summed E-state index contributed by atoms with van der Waals surface area (Å²) in [6.45, 7) is 6.73. The van der Waals surface area contributed by atoms with Gasteiger partial charge in [0.2, 0.25) is 0 Å². The van der Waals surface area contributed by atoms with Crippen LogP contribution >= 0.6 is 23.1 Å². The van der Waals surface area contributed by atoms with Gasteiger partial charge in [-0.2, -0.15) is 0 Å². The van der Waals surface area contributed by atoms with Crippen molar-refractivity contribution in [2.75, 3.05) is 5.75 Å². The molecule has 4 aromatic rings. The number of ether oxygens (including phenoxy) is 1. The lowest BCUT2D eigenvalue weighted by atomic mass is 9.90. The molecule has 1 aliphatic heterocycles. The number of thiophene rings is 1. The molecule has 0 saturated heterocycles. The molecular formula is C27H26N2O3S2. The van der Waals surface area contributed by atoms with Crippen LogP contribution in [0.4, 0.5) is 0 Å². The van der Waals surface area contributed by atoms with Crippen molar-refractivity contribution < 1.29 is 9.53 Å². The van der Waals surface area contributed by atoms with Crippen molar-refractivity contribution in [2.45, 2.75) is 51.0 Å². The van der Waals surface area contributed by atoms with Crippen molar-refractivity contribution in [3.63, 3.8) is 0 Å². The van der Waals surface area contributed by atoms with E-state index in [1.807, 2.05) is 61.5 Å². The summed E-state index contributed by atoms with van der Waals surface area (Å²) in [6, 6.07) is 17.1. The summed E-state index contributed by atoms with van der Waals surface area (Å²) in [6.07, 6.45) is 1.57. The van der Waals surface area contributed by atoms with Gasteiger partial charge in [0.15, 0.2) is 10.9 Å². The fourth-order valence-corrected chi connectivity index (χ4v) is 6.24. The third-order valence-corrected chi connectivity index (χ3v) is 8.49. The zero-order valence-electron chi connectivity index (χ0n) is 19.5. The van der Waals surface area contributed by atoms with Gasteiger partial charge >= 0.3 is 0 Å². The zero-order chi connectivity index (χ0) is 23.9. The second kappa shape index (κ2) is 9.13. The van der Waals surface area contributed by atoms with Gasteiger partial charge in [-0.25, -0.2) is 4.98 Å². The lowest BCUT2D eigenvalue weighted by Gasteiger charge is -2.32. The molecule has 0 N–H and O–H groups in total. The van der Waals surface area contributed by atoms with Crippen LogP contribution < -0.4 is 5.56 Å². The molecule has 174 valence electrons. The van der Waals surface area contributed by atoms with Crippen LogP contribution in [-0.2, 0) is 17.8 Å². The Kier molecular flexibility index (Phi) is 6.18. The van der Waals surface area contributed by atoms with Crippen molar-refractivity contribution >= 4 is 39.1 Å². The van der Waals surface area contributed by atoms with E-state index in [-0.39, 0.29) is 22.7 Å². The van der Waals surface area contributed by atoms with Crippen molar-refractivity contribution in [1.29, 1.82) is 0 Å². The zero-order valence-corrected chi connectivity index (χ0v) is 21.1. The van der Waals surface area contributed by atoms with Gasteiger partial charge < -0.3 is 4.74 Å². The normalized spacial score (nSPS) is 17.6. The van der Waals surface area contributed by atoms with Gasteiger partial charge in [-0.1, -0.05) is 66.7 Å². The maximum absolute atomic E-state index is 14.0. The number of nitrogens with zero attached hydrogens (tertiary/aromatic N) is 2. The molecule has 0 saturated carbocycles. The molecule has 1 atom stereocenters. The van der Waals surface area contributed by atoms with E-state index in [0.717, 1.165) is 32.9 Å². The molecule has 2 aromatic carbocycles. The molecule has 0 amide bonds. The van der Waals surface area contributed by atoms with Crippen LogP contribution in [0.25, 0.3) is 15.9 Å². The summed E-state index contributed by atoms with van der Waals surface area (Å²) in [5.74, 6) is 0.212.